The number of nitrogens with one attached hydrogen (secondary N) is 1. The molecule has 0 aliphatic carbocycles. The predicted molar refractivity (Wildman–Crippen MR) is 115 cm³/mol. The topological polar surface area (TPSA) is 46.2 Å². The Hall–Kier alpha value is -1.12. The van der Waals surface area contributed by atoms with Crippen LogP contribution in [0.15, 0.2) is 11.6 Å². The van der Waals surface area contributed by atoms with Gasteiger partial charge in [0, 0.05) is 6.42 Å². The summed E-state index contributed by atoms with van der Waals surface area (Å²) in [6.45, 7) is 4.49. The van der Waals surface area contributed by atoms with Gasteiger partial charge in [0.2, 0.25) is 11.8 Å². The number of carbonyl (C=O) groups is 2. The molecule has 0 bridgehead atoms. The van der Waals surface area contributed by atoms with Gasteiger partial charge in [-0.1, -0.05) is 103 Å². The van der Waals surface area contributed by atoms with Crippen LogP contribution in [0.25, 0.3) is 0 Å². The fourth-order valence-corrected chi connectivity index (χ4v) is 3.95. The zero-order valence-electron chi connectivity index (χ0n) is 18.0. The molecule has 2 amide bonds. The molecule has 1 atom stereocenters. The van der Waals surface area contributed by atoms with Crippen LogP contribution in [0.2, 0.25) is 0 Å². The molecule has 0 saturated carbocycles. The summed E-state index contributed by atoms with van der Waals surface area (Å²) in [6, 6.07) is 0. The Morgan fingerprint density at radius 2 is 1.33 bits per heavy atom. The maximum absolute atomic E-state index is 12.1. The summed E-state index contributed by atoms with van der Waals surface area (Å²) in [6.07, 6.45) is 22.9. The summed E-state index contributed by atoms with van der Waals surface area (Å²) in [4.78, 5) is 23.6. The summed E-state index contributed by atoms with van der Waals surface area (Å²) in [5, 5.41) is 2.48. The summed E-state index contributed by atoms with van der Waals surface area (Å²) in [7, 11) is 0. The van der Waals surface area contributed by atoms with Gasteiger partial charge < -0.3 is 0 Å². The molecule has 3 heteroatoms. The number of allylic oxidation sites excluding steroid dienone is 1. The molecule has 1 aliphatic rings. The van der Waals surface area contributed by atoms with Crippen LogP contribution in [-0.2, 0) is 9.59 Å². The van der Waals surface area contributed by atoms with Gasteiger partial charge in [-0.25, -0.2) is 0 Å². The number of amides is 2. The minimum Gasteiger partial charge on any atom is -0.296 e. The van der Waals surface area contributed by atoms with E-state index < -0.39 is 0 Å². The summed E-state index contributed by atoms with van der Waals surface area (Å²) in [5.41, 5.74) is 1.22. The first-order chi connectivity index (χ1) is 13.2. The van der Waals surface area contributed by atoms with Gasteiger partial charge in [0.15, 0.2) is 0 Å². The molecule has 1 unspecified atom stereocenters. The van der Waals surface area contributed by atoms with Crippen LogP contribution < -0.4 is 5.32 Å². The Morgan fingerprint density at radius 1 is 0.815 bits per heavy atom. The van der Waals surface area contributed by atoms with Crippen LogP contribution in [0.1, 0.15) is 123 Å². The molecule has 1 rings (SSSR count). The van der Waals surface area contributed by atoms with Crippen LogP contribution >= 0.6 is 0 Å². The molecule has 27 heavy (non-hydrogen) atoms. The molecule has 1 heterocycles. The Bertz CT molecular complexity index is 442. The minimum absolute atomic E-state index is 0.0770. The third kappa shape index (κ3) is 11.3. The number of hydrogen-bond acceptors (Lipinski definition) is 2. The van der Waals surface area contributed by atoms with Gasteiger partial charge in [-0.3, -0.25) is 14.9 Å². The highest BCUT2D eigenvalue weighted by Gasteiger charge is 2.32. The number of rotatable bonds is 17. The molecular weight excluding hydrogens is 334 g/mol. The molecule has 1 saturated heterocycles. The molecule has 156 valence electrons. The van der Waals surface area contributed by atoms with E-state index in [-0.39, 0.29) is 17.7 Å². The van der Waals surface area contributed by atoms with Crippen LogP contribution in [0.4, 0.5) is 0 Å². The first kappa shape index (κ1) is 23.9. The second-order valence-corrected chi connectivity index (χ2v) is 8.23. The smallest absolute Gasteiger partial charge is 0.234 e. The lowest BCUT2D eigenvalue weighted by Crippen LogP contribution is -2.22. The van der Waals surface area contributed by atoms with E-state index in [4.69, 9.17) is 0 Å². The molecule has 0 aromatic carbocycles. The number of imide groups is 1. The van der Waals surface area contributed by atoms with Gasteiger partial charge in [0.25, 0.3) is 0 Å². The molecule has 0 radical (unpaired) electrons. The van der Waals surface area contributed by atoms with Gasteiger partial charge in [-0.05, 0) is 25.7 Å². The van der Waals surface area contributed by atoms with Crippen molar-refractivity contribution in [1.29, 1.82) is 0 Å². The lowest BCUT2D eigenvalue weighted by molar-refractivity contribution is -0.125. The zero-order valence-corrected chi connectivity index (χ0v) is 18.0. The highest BCUT2D eigenvalue weighted by Crippen LogP contribution is 2.26. The van der Waals surface area contributed by atoms with Crippen LogP contribution in [0, 0.1) is 5.92 Å². The van der Waals surface area contributed by atoms with Crippen molar-refractivity contribution >= 4 is 11.8 Å². The molecule has 3 nitrogen and oxygen atoms in total. The second-order valence-electron chi connectivity index (χ2n) is 8.23. The van der Waals surface area contributed by atoms with Gasteiger partial charge in [-0.15, -0.1) is 0 Å². The van der Waals surface area contributed by atoms with E-state index in [9.17, 15) is 9.59 Å². The average Bonchev–Trinajstić information content (AvgIpc) is 2.99. The van der Waals surface area contributed by atoms with E-state index in [1.807, 2.05) is 0 Å². The van der Waals surface area contributed by atoms with Crippen molar-refractivity contribution in [3.05, 3.63) is 11.6 Å². The SMILES string of the molecule is CCCCCCCCCCC/C=C(/CCCCCCC)C1CC(=O)NC1=O. The zero-order chi connectivity index (χ0) is 19.7. The van der Waals surface area contributed by atoms with E-state index in [1.165, 1.54) is 89.0 Å². The molecule has 0 spiro atoms. The first-order valence-electron chi connectivity index (χ1n) is 11.7. The minimum atomic E-state index is -0.192. The standard InChI is InChI=1S/C24H43NO2/c1-3-5-7-9-10-11-12-13-15-17-19-21(18-16-14-8-6-4-2)22-20-23(26)25-24(22)27/h19,22H,3-18,20H2,1-2H3,(H,25,26,27)/b21-19-. The average molecular weight is 378 g/mol. The van der Waals surface area contributed by atoms with E-state index in [1.54, 1.807) is 0 Å². The largest absolute Gasteiger partial charge is 0.296 e. The fraction of sp³-hybridized carbons (Fsp3) is 0.833. The molecule has 1 aliphatic heterocycles. The fourth-order valence-electron chi connectivity index (χ4n) is 3.95. The Kier molecular flexibility index (Phi) is 14.1. The second kappa shape index (κ2) is 15.9. The van der Waals surface area contributed by atoms with E-state index in [0.29, 0.717) is 6.42 Å². The van der Waals surface area contributed by atoms with E-state index >= 15 is 0 Å². The maximum Gasteiger partial charge on any atom is 0.234 e. The van der Waals surface area contributed by atoms with Crippen molar-refractivity contribution in [1.82, 2.24) is 5.32 Å². The summed E-state index contributed by atoms with van der Waals surface area (Å²) in [5.74, 6) is -0.376. The molecular formula is C24H43NO2. The third-order valence-corrected chi connectivity index (χ3v) is 5.70. The van der Waals surface area contributed by atoms with Crippen molar-refractivity contribution in [2.45, 2.75) is 123 Å². The highest BCUT2D eigenvalue weighted by molar-refractivity contribution is 6.04. The van der Waals surface area contributed by atoms with Crippen molar-refractivity contribution in [3.63, 3.8) is 0 Å². The monoisotopic (exact) mass is 377 g/mol. The Labute approximate surface area is 167 Å². The highest BCUT2D eigenvalue weighted by atomic mass is 16.2. The van der Waals surface area contributed by atoms with E-state index in [0.717, 1.165) is 19.3 Å². The third-order valence-electron chi connectivity index (χ3n) is 5.70. The molecule has 0 aromatic rings. The van der Waals surface area contributed by atoms with Crippen molar-refractivity contribution in [2.75, 3.05) is 0 Å². The van der Waals surface area contributed by atoms with Gasteiger partial charge in [0.05, 0.1) is 5.92 Å². The predicted octanol–water partition coefficient (Wildman–Crippen LogP) is 6.86. The van der Waals surface area contributed by atoms with Crippen molar-refractivity contribution in [3.8, 4) is 0 Å². The number of hydrogen-bond donors (Lipinski definition) is 1. The van der Waals surface area contributed by atoms with Crippen LogP contribution in [0.3, 0.4) is 0 Å². The maximum atomic E-state index is 12.1. The molecule has 1 N–H and O–H groups in total. The summed E-state index contributed by atoms with van der Waals surface area (Å²) < 4.78 is 0. The number of unbranched alkanes of at least 4 members (excludes halogenated alkanes) is 13. The Balaban J connectivity index is 2.28. The van der Waals surface area contributed by atoms with E-state index in [2.05, 4.69) is 25.2 Å². The Morgan fingerprint density at radius 3 is 1.85 bits per heavy atom. The summed E-state index contributed by atoms with van der Waals surface area (Å²) >= 11 is 0. The van der Waals surface area contributed by atoms with Gasteiger partial charge in [-0.2, -0.15) is 0 Å². The van der Waals surface area contributed by atoms with Gasteiger partial charge >= 0.3 is 0 Å². The van der Waals surface area contributed by atoms with Gasteiger partial charge in [0.1, 0.15) is 0 Å². The van der Waals surface area contributed by atoms with Crippen LogP contribution in [0.5, 0.6) is 0 Å². The van der Waals surface area contributed by atoms with Crippen LogP contribution in [-0.4, -0.2) is 11.8 Å². The lowest BCUT2D eigenvalue weighted by Gasteiger charge is -2.12. The number of carbonyl (C=O) groups excluding carboxylic acids is 2. The lowest BCUT2D eigenvalue weighted by atomic mass is 9.91. The van der Waals surface area contributed by atoms with Crippen molar-refractivity contribution in [2.24, 2.45) is 5.92 Å². The molecule has 1 fully saturated rings. The normalized spacial score (nSPS) is 17.6. The van der Waals surface area contributed by atoms with Crippen molar-refractivity contribution < 1.29 is 9.59 Å². The quantitative estimate of drug-likeness (QED) is 0.171. The first-order valence-corrected chi connectivity index (χ1v) is 11.7. The molecule has 0 aromatic heterocycles.